The predicted molar refractivity (Wildman–Crippen MR) is 68.9 cm³/mol. The van der Waals surface area contributed by atoms with E-state index < -0.39 is 10.0 Å². The van der Waals surface area contributed by atoms with Crippen LogP contribution >= 0.6 is 11.6 Å². The molecule has 0 atom stereocenters. The Morgan fingerprint density at radius 2 is 2.17 bits per heavy atom. The molecule has 1 aromatic heterocycles. The van der Waals surface area contributed by atoms with Crippen LogP contribution in [0.15, 0.2) is 11.2 Å². The van der Waals surface area contributed by atoms with Crippen LogP contribution < -0.4 is 0 Å². The molecular weight excluding hydrogens is 278 g/mol. The minimum atomic E-state index is -3.70. The molecule has 0 fully saturated rings. The second kappa shape index (κ2) is 6.01. The fraction of sp³-hybridized carbons (Fsp3) is 0.700. The number of halogens is 1. The molecule has 0 aliphatic rings. The normalized spacial score (nSPS) is 12.6. The zero-order valence-electron chi connectivity index (χ0n) is 10.7. The first-order valence-corrected chi connectivity index (χ1v) is 7.44. The van der Waals surface area contributed by atoms with Crippen molar-refractivity contribution in [2.45, 2.75) is 31.3 Å². The molecule has 0 amide bonds. The van der Waals surface area contributed by atoms with Gasteiger partial charge in [0, 0.05) is 26.2 Å². The number of aromatic nitrogens is 2. The third-order valence-electron chi connectivity index (χ3n) is 2.51. The first-order chi connectivity index (χ1) is 8.32. The molecule has 104 valence electrons. The lowest BCUT2D eigenvalue weighted by Crippen LogP contribution is -2.39. The summed E-state index contributed by atoms with van der Waals surface area (Å²) in [7, 11) is -2.17. The molecule has 8 heteroatoms. The molecule has 0 spiro atoms. The molecule has 0 saturated carbocycles. The minimum absolute atomic E-state index is 0.0178. The number of hydrogen-bond donors (Lipinski definition) is 1. The van der Waals surface area contributed by atoms with E-state index in [-0.39, 0.29) is 29.2 Å². The highest BCUT2D eigenvalue weighted by molar-refractivity contribution is 7.89. The van der Waals surface area contributed by atoms with Gasteiger partial charge in [0.05, 0.1) is 11.2 Å². The molecule has 1 N–H and O–H groups in total. The Balaban J connectivity index is 3.17. The van der Waals surface area contributed by atoms with Crippen LogP contribution in [0.3, 0.4) is 0 Å². The molecule has 1 rings (SSSR count). The molecule has 0 aromatic carbocycles. The maximum Gasteiger partial charge on any atom is 0.261 e. The fourth-order valence-electron chi connectivity index (χ4n) is 1.68. The van der Waals surface area contributed by atoms with Crippen LogP contribution in [0, 0.1) is 0 Å². The Morgan fingerprint density at radius 1 is 1.56 bits per heavy atom. The summed E-state index contributed by atoms with van der Waals surface area (Å²) in [6.07, 6.45) is 1.69. The molecule has 18 heavy (non-hydrogen) atoms. The molecule has 0 unspecified atom stereocenters. The van der Waals surface area contributed by atoms with E-state index in [2.05, 4.69) is 5.10 Å². The molecular formula is C10H18ClN3O3S. The van der Waals surface area contributed by atoms with Gasteiger partial charge in [-0.25, -0.2) is 8.42 Å². The van der Waals surface area contributed by atoms with E-state index in [0.29, 0.717) is 6.42 Å². The third kappa shape index (κ3) is 3.03. The van der Waals surface area contributed by atoms with Gasteiger partial charge < -0.3 is 5.11 Å². The number of nitrogens with zero attached hydrogens (tertiary/aromatic N) is 3. The van der Waals surface area contributed by atoms with E-state index in [1.165, 1.54) is 22.2 Å². The topological polar surface area (TPSA) is 75.4 Å². The van der Waals surface area contributed by atoms with E-state index in [1.807, 2.05) is 0 Å². The van der Waals surface area contributed by atoms with Crippen LogP contribution in [0.1, 0.15) is 20.3 Å². The van der Waals surface area contributed by atoms with Gasteiger partial charge in [-0.05, 0) is 20.3 Å². The highest BCUT2D eigenvalue weighted by Gasteiger charge is 2.31. The summed E-state index contributed by atoms with van der Waals surface area (Å²) >= 11 is 5.87. The summed E-state index contributed by atoms with van der Waals surface area (Å²) in [4.78, 5) is 0. The van der Waals surface area contributed by atoms with Gasteiger partial charge in [-0.3, -0.25) is 4.68 Å². The fourth-order valence-corrected chi connectivity index (χ4v) is 3.97. The zero-order valence-corrected chi connectivity index (χ0v) is 12.2. The van der Waals surface area contributed by atoms with Crippen LogP contribution in [0.25, 0.3) is 0 Å². The number of aliphatic hydroxyl groups excluding tert-OH is 1. The smallest absolute Gasteiger partial charge is 0.261 e. The average Bonchev–Trinajstić information content (AvgIpc) is 2.58. The minimum Gasteiger partial charge on any atom is -0.396 e. The largest absolute Gasteiger partial charge is 0.396 e. The van der Waals surface area contributed by atoms with Gasteiger partial charge in [0.1, 0.15) is 0 Å². The quantitative estimate of drug-likeness (QED) is 0.844. The Labute approximate surface area is 112 Å². The van der Waals surface area contributed by atoms with Crippen molar-refractivity contribution in [2.24, 2.45) is 7.05 Å². The lowest BCUT2D eigenvalue weighted by molar-refractivity contribution is 0.258. The van der Waals surface area contributed by atoms with Crippen molar-refractivity contribution in [3.8, 4) is 0 Å². The van der Waals surface area contributed by atoms with E-state index >= 15 is 0 Å². The summed E-state index contributed by atoms with van der Waals surface area (Å²) in [5.74, 6) is 0. The van der Waals surface area contributed by atoms with Crippen molar-refractivity contribution >= 4 is 21.6 Å². The van der Waals surface area contributed by atoms with Crippen LogP contribution in [0.2, 0.25) is 5.02 Å². The van der Waals surface area contributed by atoms with Crippen LogP contribution in [-0.4, -0.2) is 46.8 Å². The number of rotatable bonds is 6. The summed E-state index contributed by atoms with van der Waals surface area (Å²) in [5, 5.41) is 12.8. The third-order valence-corrected chi connectivity index (χ3v) is 5.09. The molecule has 1 heterocycles. The number of hydrogen-bond acceptors (Lipinski definition) is 4. The van der Waals surface area contributed by atoms with Crippen LogP contribution in [-0.2, 0) is 17.1 Å². The molecule has 0 radical (unpaired) electrons. The van der Waals surface area contributed by atoms with E-state index in [0.717, 1.165) is 0 Å². The SMILES string of the molecule is CC(C)N(CCCO)S(=O)(=O)c1c(Cl)cnn1C. The number of aliphatic hydroxyl groups is 1. The predicted octanol–water partition coefficient (Wildman–Crippen LogP) is 0.855. The highest BCUT2D eigenvalue weighted by atomic mass is 35.5. The second-order valence-electron chi connectivity index (χ2n) is 4.21. The van der Waals surface area contributed by atoms with Gasteiger partial charge in [-0.15, -0.1) is 0 Å². The van der Waals surface area contributed by atoms with Crippen molar-refractivity contribution in [3.05, 3.63) is 11.2 Å². The van der Waals surface area contributed by atoms with Crippen molar-refractivity contribution in [3.63, 3.8) is 0 Å². The standard InChI is InChI=1S/C10H18ClN3O3S/c1-8(2)14(5-4-6-15)18(16,17)10-9(11)7-12-13(10)3/h7-8,15H,4-6H2,1-3H3. The van der Waals surface area contributed by atoms with Gasteiger partial charge in [-0.1, -0.05) is 11.6 Å². The Morgan fingerprint density at radius 3 is 2.56 bits per heavy atom. The average molecular weight is 296 g/mol. The van der Waals surface area contributed by atoms with Gasteiger partial charge in [0.2, 0.25) is 0 Å². The monoisotopic (exact) mass is 295 g/mol. The lowest BCUT2D eigenvalue weighted by Gasteiger charge is -2.25. The maximum atomic E-state index is 12.5. The summed E-state index contributed by atoms with van der Waals surface area (Å²) < 4.78 is 27.5. The first-order valence-electron chi connectivity index (χ1n) is 5.62. The van der Waals surface area contributed by atoms with Gasteiger partial charge in [0.25, 0.3) is 10.0 Å². The van der Waals surface area contributed by atoms with Crippen LogP contribution in [0.5, 0.6) is 0 Å². The Bertz CT molecular complexity index is 479. The van der Waals surface area contributed by atoms with E-state index in [1.54, 1.807) is 13.8 Å². The van der Waals surface area contributed by atoms with Gasteiger partial charge in [0.15, 0.2) is 5.03 Å². The molecule has 0 bridgehead atoms. The van der Waals surface area contributed by atoms with E-state index in [9.17, 15) is 8.42 Å². The molecule has 0 aliphatic carbocycles. The molecule has 1 aromatic rings. The number of aryl methyl sites for hydroxylation is 1. The maximum absolute atomic E-state index is 12.5. The Kier molecular flexibility index (Phi) is 5.15. The Hall–Kier alpha value is -0.630. The molecule has 0 saturated heterocycles. The summed E-state index contributed by atoms with van der Waals surface area (Å²) in [6, 6.07) is -0.215. The van der Waals surface area contributed by atoms with Crippen molar-refractivity contribution in [2.75, 3.05) is 13.2 Å². The summed E-state index contributed by atoms with van der Waals surface area (Å²) in [5.41, 5.74) is 0. The van der Waals surface area contributed by atoms with Gasteiger partial charge in [-0.2, -0.15) is 9.40 Å². The van der Waals surface area contributed by atoms with Gasteiger partial charge >= 0.3 is 0 Å². The van der Waals surface area contributed by atoms with Crippen molar-refractivity contribution < 1.29 is 13.5 Å². The van der Waals surface area contributed by atoms with Crippen LogP contribution in [0.4, 0.5) is 0 Å². The lowest BCUT2D eigenvalue weighted by atomic mass is 10.3. The van der Waals surface area contributed by atoms with Crippen molar-refractivity contribution in [1.29, 1.82) is 0 Å². The molecule has 6 nitrogen and oxygen atoms in total. The zero-order chi connectivity index (χ0) is 13.9. The molecule has 0 aliphatic heterocycles. The first kappa shape index (κ1) is 15.4. The van der Waals surface area contributed by atoms with Crippen molar-refractivity contribution in [1.82, 2.24) is 14.1 Å². The van der Waals surface area contributed by atoms with E-state index in [4.69, 9.17) is 16.7 Å². The highest BCUT2D eigenvalue weighted by Crippen LogP contribution is 2.25. The number of sulfonamides is 1. The summed E-state index contributed by atoms with van der Waals surface area (Å²) in [6.45, 7) is 3.74. The second-order valence-corrected chi connectivity index (χ2v) is 6.42.